The molecule has 6 nitrogen and oxygen atoms in total. The molecule has 1 rings (SSSR count). The van der Waals surface area contributed by atoms with Crippen molar-refractivity contribution in [2.45, 2.75) is 104 Å². The van der Waals surface area contributed by atoms with Gasteiger partial charge in [0.05, 0.1) is 0 Å². The average Bonchev–Trinajstić information content (AvgIpc) is 2.98. The van der Waals surface area contributed by atoms with Crippen molar-refractivity contribution in [2.75, 3.05) is 26.2 Å². The van der Waals surface area contributed by atoms with E-state index in [1.165, 1.54) is 37.0 Å². The summed E-state index contributed by atoms with van der Waals surface area (Å²) in [5.74, 6) is 0.308. The highest BCUT2D eigenvalue weighted by molar-refractivity contribution is 6.02. The van der Waals surface area contributed by atoms with Gasteiger partial charge in [-0.15, -0.1) is 0 Å². The van der Waals surface area contributed by atoms with Crippen LogP contribution in [0.5, 0.6) is 0 Å². The Bertz CT molecular complexity index is 510. The minimum absolute atomic E-state index is 0.108. The van der Waals surface area contributed by atoms with Crippen LogP contribution in [0.25, 0.3) is 0 Å². The van der Waals surface area contributed by atoms with Crippen molar-refractivity contribution >= 4 is 17.7 Å². The summed E-state index contributed by atoms with van der Waals surface area (Å²) in [6, 6.07) is -0.184. The highest BCUT2D eigenvalue weighted by Crippen LogP contribution is 2.21. The first-order chi connectivity index (χ1) is 14.5. The molecule has 0 radical (unpaired) electrons. The molecule has 0 aliphatic carbocycles. The summed E-state index contributed by atoms with van der Waals surface area (Å²) in [5, 5.41) is 0. The monoisotopic (exact) mass is 423 g/mol. The van der Waals surface area contributed by atoms with Crippen molar-refractivity contribution in [3.05, 3.63) is 0 Å². The second kappa shape index (κ2) is 16.3. The van der Waals surface area contributed by atoms with Gasteiger partial charge in [-0.2, -0.15) is 0 Å². The maximum Gasteiger partial charge on any atom is 0.327 e. The quantitative estimate of drug-likeness (QED) is 0.237. The Kier molecular flexibility index (Phi) is 14.4. The molecular weight excluding hydrogens is 378 g/mol. The largest absolute Gasteiger partial charge is 0.330 e. The molecule has 1 fully saturated rings. The van der Waals surface area contributed by atoms with E-state index in [-0.39, 0.29) is 24.4 Å². The number of carbonyl (C=O) groups excluding carboxylic acids is 3. The van der Waals surface area contributed by atoms with Gasteiger partial charge in [0.1, 0.15) is 12.3 Å². The predicted octanol–water partition coefficient (Wildman–Crippen LogP) is 4.90. The van der Waals surface area contributed by atoms with Gasteiger partial charge in [-0.3, -0.25) is 14.5 Å². The summed E-state index contributed by atoms with van der Waals surface area (Å²) >= 11 is 0. The third-order valence-electron chi connectivity index (χ3n) is 5.98. The standard InChI is InChI=1S/C24H45N3O3/c1-3-5-7-8-9-10-11-15-22(28)18-21(14-12-13-16-25)19-26-20-23(29)27(24(26)30)17-6-4-2/h21H,3-20,25H2,1-2H3. The number of imide groups is 1. The van der Waals surface area contributed by atoms with Crippen molar-refractivity contribution in [3.8, 4) is 0 Å². The molecular formula is C24H45N3O3. The van der Waals surface area contributed by atoms with Crippen LogP contribution in [0.3, 0.4) is 0 Å². The number of nitrogens with zero attached hydrogens (tertiary/aromatic N) is 2. The number of carbonyl (C=O) groups is 3. The lowest BCUT2D eigenvalue weighted by atomic mass is 9.93. The Morgan fingerprint density at radius 2 is 1.60 bits per heavy atom. The van der Waals surface area contributed by atoms with Crippen LogP contribution >= 0.6 is 0 Å². The zero-order valence-electron chi connectivity index (χ0n) is 19.5. The van der Waals surface area contributed by atoms with Crippen LogP contribution < -0.4 is 5.73 Å². The minimum atomic E-state index is -0.184. The van der Waals surface area contributed by atoms with Crippen molar-refractivity contribution in [1.29, 1.82) is 0 Å². The normalized spacial score (nSPS) is 15.3. The van der Waals surface area contributed by atoms with Gasteiger partial charge in [-0.25, -0.2) is 4.79 Å². The number of rotatable bonds is 19. The fourth-order valence-electron chi connectivity index (χ4n) is 4.12. The highest BCUT2D eigenvalue weighted by atomic mass is 16.2. The van der Waals surface area contributed by atoms with Gasteiger partial charge in [0.15, 0.2) is 0 Å². The van der Waals surface area contributed by atoms with Crippen molar-refractivity contribution in [3.63, 3.8) is 0 Å². The van der Waals surface area contributed by atoms with Crippen LogP contribution in [0.15, 0.2) is 0 Å². The summed E-state index contributed by atoms with van der Waals surface area (Å²) < 4.78 is 0. The third-order valence-corrected chi connectivity index (χ3v) is 5.98. The number of amides is 3. The Hall–Kier alpha value is -1.43. The summed E-state index contributed by atoms with van der Waals surface area (Å²) in [6.45, 7) is 6.07. The molecule has 1 aliphatic heterocycles. The average molecular weight is 424 g/mol. The number of urea groups is 1. The molecule has 0 saturated carbocycles. The van der Waals surface area contributed by atoms with E-state index in [0.29, 0.717) is 38.3 Å². The Balaban J connectivity index is 2.45. The SMILES string of the molecule is CCCCCCCCCC(=O)CC(CCCCN)CN1CC(=O)N(CCCC)C1=O. The summed E-state index contributed by atoms with van der Waals surface area (Å²) in [5.41, 5.74) is 5.63. The van der Waals surface area contributed by atoms with E-state index in [0.717, 1.165) is 44.9 Å². The molecule has 0 spiro atoms. The van der Waals surface area contributed by atoms with Crippen LogP contribution in [0.2, 0.25) is 0 Å². The molecule has 1 saturated heterocycles. The molecule has 2 N–H and O–H groups in total. The first-order valence-electron chi connectivity index (χ1n) is 12.3. The molecule has 3 amide bonds. The zero-order chi connectivity index (χ0) is 22.2. The maximum atomic E-state index is 12.6. The summed E-state index contributed by atoms with van der Waals surface area (Å²) in [6.07, 6.45) is 14.1. The molecule has 174 valence electrons. The lowest BCUT2D eigenvalue weighted by molar-refractivity contribution is -0.125. The zero-order valence-corrected chi connectivity index (χ0v) is 19.5. The Morgan fingerprint density at radius 3 is 2.27 bits per heavy atom. The van der Waals surface area contributed by atoms with E-state index in [4.69, 9.17) is 5.73 Å². The molecule has 0 aromatic carbocycles. The number of hydrogen-bond acceptors (Lipinski definition) is 4. The van der Waals surface area contributed by atoms with Crippen LogP contribution in [-0.2, 0) is 9.59 Å². The Morgan fingerprint density at radius 1 is 0.933 bits per heavy atom. The minimum Gasteiger partial charge on any atom is -0.330 e. The van der Waals surface area contributed by atoms with E-state index in [9.17, 15) is 14.4 Å². The van der Waals surface area contributed by atoms with Crippen LogP contribution in [0, 0.1) is 5.92 Å². The highest BCUT2D eigenvalue weighted by Gasteiger charge is 2.36. The van der Waals surface area contributed by atoms with Gasteiger partial charge >= 0.3 is 6.03 Å². The topological polar surface area (TPSA) is 83.7 Å². The van der Waals surface area contributed by atoms with Gasteiger partial charge in [-0.1, -0.05) is 65.2 Å². The number of nitrogens with two attached hydrogens (primary N) is 1. The van der Waals surface area contributed by atoms with Crippen molar-refractivity contribution < 1.29 is 14.4 Å². The second-order valence-corrected chi connectivity index (χ2v) is 8.83. The molecule has 1 aliphatic rings. The van der Waals surface area contributed by atoms with Gasteiger partial charge in [0.2, 0.25) is 5.91 Å². The van der Waals surface area contributed by atoms with Gasteiger partial charge < -0.3 is 10.6 Å². The molecule has 6 heteroatoms. The third kappa shape index (κ3) is 10.6. The van der Waals surface area contributed by atoms with E-state index in [2.05, 4.69) is 6.92 Å². The second-order valence-electron chi connectivity index (χ2n) is 8.83. The maximum absolute atomic E-state index is 12.6. The molecule has 1 unspecified atom stereocenters. The summed E-state index contributed by atoms with van der Waals surface area (Å²) in [7, 11) is 0. The van der Waals surface area contributed by atoms with E-state index in [1.807, 2.05) is 6.92 Å². The molecule has 0 aromatic heterocycles. The molecule has 0 bridgehead atoms. The lowest BCUT2D eigenvalue weighted by Gasteiger charge is -2.23. The number of unbranched alkanes of at least 4 members (excludes halogenated alkanes) is 8. The molecule has 0 aromatic rings. The van der Waals surface area contributed by atoms with Crippen LogP contribution in [0.4, 0.5) is 4.79 Å². The van der Waals surface area contributed by atoms with E-state index < -0.39 is 0 Å². The van der Waals surface area contributed by atoms with Crippen molar-refractivity contribution in [1.82, 2.24) is 9.80 Å². The molecule has 1 atom stereocenters. The van der Waals surface area contributed by atoms with Gasteiger partial charge in [0.25, 0.3) is 0 Å². The fraction of sp³-hybridized carbons (Fsp3) is 0.875. The summed E-state index contributed by atoms with van der Waals surface area (Å²) in [4.78, 5) is 40.4. The van der Waals surface area contributed by atoms with Crippen molar-refractivity contribution in [2.24, 2.45) is 11.7 Å². The first kappa shape index (κ1) is 26.6. The number of Topliss-reactive ketones (excluding diaryl/α,β-unsaturated/α-hetero) is 1. The smallest absolute Gasteiger partial charge is 0.327 e. The molecule has 30 heavy (non-hydrogen) atoms. The van der Waals surface area contributed by atoms with Crippen LogP contribution in [-0.4, -0.2) is 53.7 Å². The number of hydrogen-bond donors (Lipinski definition) is 1. The van der Waals surface area contributed by atoms with Gasteiger partial charge in [0, 0.05) is 25.9 Å². The first-order valence-corrected chi connectivity index (χ1v) is 12.3. The lowest BCUT2D eigenvalue weighted by Crippen LogP contribution is -2.36. The van der Waals surface area contributed by atoms with Crippen LogP contribution in [0.1, 0.15) is 104 Å². The van der Waals surface area contributed by atoms with Gasteiger partial charge in [-0.05, 0) is 38.1 Å². The Labute approximate surface area is 183 Å². The van der Waals surface area contributed by atoms with E-state index in [1.54, 1.807) is 4.90 Å². The fourth-order valence-corrected chi connectivity index (χ4v) is 4.12. The predicted molar refractivity (Wildman–Crippen MR) is 122 cm³/mol. The van der Waals surface area contributed by atoms with E-state index >= 15 is 0 Å². The number of ketones is 1. The molecule has 1 heterocycles.